The lowest BCUT2D eigenvalue weighted by atomic mass is 10.1. The van der Waals surface area contributed by atoms with Gasteiger partial charge >= 0.3 is 0 Å². The number of fused-ring (bicyclic) bond motifs is 3. The third-order valence-corrected chi connectivity index (χ3v) is 5.85. The van der Waals surface area contributed by atoms with E-state index < -0.39 is 0 Å². The molecule has 1 unspecified atom stereocenters. The molecule has 1 saturated carbocycles. The minimum absolute atomic E-state index is 0.0717. The number of hydrogen-bond acceptors (Lipinski definition) is 5. The molecule has 1 saturated heterocycles. The number of carbonyl (C=O) groups excluding carboxylic acids is 2. The summed E-state index contributed by atoms with van der Waals surface area (Å²) in [6, 6.07) is 11.5. The molecule has 7 heteroatoms. The summed E-state index contributed by atoms with van der Waals surface area (Å²) in [4.78, 5) is 29.2. The lowest BCUT2D eigenvalue weighted by molar-refractivity contribution is 0.0724. The van der Waals surface area contributed by atoms with Crippen molar-refractivity contribution in [3.05, 3.63) is 53.2 Å². The largest absolute Gasteiger partial charge is 0.350 e. The van der Waals surface area contributed by atoms with Crippen LogP contribution in [0.5, 0.6) is 0 Å². The Morgan fingerprint density at radius 1 is 1.11 bits per heavy atom. The number of rotatable bonds is 4. The molecule has 2 aromatic rings. The standard InChI is InChI=1S/C21H23N5O2/c27-20(22-12-14-6-7-14)18-11-16-10-17-13-25(8-9-26(17)19(16)24-23-18)21(28)15-4-2-1-3-5-15/h1-5,11,14,17H,6-10,12-13H2,(H,22,27). The minimum atomic E-state index is -0.145. The number of piperazine rings is 1. The third-order valence-electron chi connectivity index (χ3n) is 5.85. The zero-order valence-corrected chi connectivity index (χ0v) is 15.7. The van der Waals surface area contributed by atoms with Gasteiger partial charge in [-0.05, 0) is 43.4 Å². The SMILES string of the molecule is O=C(NCC1CC1)c1cc2c(nn1)N1CCN(C(=O)c3ccccc3)CC1C2. The Hall–Kier alpha value is -2.96. The van der Waals surface area contributed by atoms with Crippen LogP contribution in [0.3, 0.4) is 0 Å². The first-order valence-corrected chi connectivity index (χ1v) is 9.95. The molecule has 1 N–H and O–H groups in total. The van der Waals surface area contributed by atoms with Crippen LogP contribution in [0.1, 0.15) is 39.3 Å². The Bertz CT molecular complexity index is 912. The van der Waals surface area contributed by atoms with Crippen molar-refractivity contribution in [2.24, 2.45) is 5.92 Å². The predicted molar refractivity (Wildman–Crippen MR) is 104 cm³/mol. The number of benzene rings is 1. The van der Waals surface area contributed by atoms with E-state index in [4.69, 9.17) is 0 Å². The first-order chi connectivity index (χ1) is 13.7. The van der Waals surface area contributed by atoms with Crippen molar-refractivity contribution in [1.82, 2.24) is 20.4 Å². The summed E-state index contributed by atoms with van der Waals surface area (Å²) in [6.45, 7) is 2.78. The fourth-order valence-corrected chi connectivity index (χ4v) is 4.09. The van der Waals surface area contributed by atoms with Gasteiger partial charge in [-0.2, -0.15) is 0 Å². The van der Waals surface area contributed by atoms with Crippen molar-refractivity contribution in [2.75, 3.05) is 31.1 Å². The first-order valence-electron chi connectivity index (χ1n) is 9.95. The van der Waals surface area contributed by atoms with Crippen molar-refractivity contribution in [3.63, 3.8) is 0 Å². The Labute approximate surface area is 163 Å². The van der Waals surface area contributed by atoms with Gasteiger partial charge in [0.15, 0.2) is 11.5 Å². The first kappa shape index (κ1) is 17.2. The predicted octanol–water partition coefficient (Wildman–Crippen LogP) is 1.50. The van der Waals surface area contributed by atoms with Crippen molar-refractivity contribution in [2.45, 2.75) is 25.3 Å². The molecule has 0 bridgehead atoms. The number of hydrogen-bond donors (Lipinski definition) is 1. The van der Waals surface area contributed by atoms with Gasteiger partial charge in [0, 0.05) is 37.3 Å². The third kappa shape index (κ3) is 3.21. The van der Waals surface area contributed by atoms with Crippen LogP contribution in [-0.4, -0.2) is 59.1 Å². The number of anilines is 1. The van der Waals surface area contributed by atoms with Crippen molar-refractivity contribution in [1.29, 1.82) is 0 Å². The van der Waals surface area contributed by atoms with Crippen LogP contribution in [0, 0.1) is 5.92 Å². The second-order valence-electron chi connectivity index (χ2n) is 7.90. The van der Waals surface area contributed by atoms with Crippen LogP contribution in [-0.2, 0) is 6.42 Å². The molecule has 1 aliphatic carbocycles. The highest BCUT2D eigenvalue weighted by Crippen LogP contribution is 2.32. The molecule has 1 aromatic heterocycles. The van der Waals surface area contributed by atoms with Gasteiger partial charge in [-0.25, -0.2) is 0 Å². The number of carbonyl (C=O) groups is 2. The average molecular weight is 377 g/mol. The maximum atomic E-state index is 12.8. The molecule has 2 amide bonds. The highest BCUT2D eigenvalue weighted by Gasteiger charge is 2.37. The molecule has 1 atom stereocenters. The van der Waals surface area contributed by atoms with Gasteiger partial charge in [-0.1, -0.05) is 18.2 Å². The van der Waals surface area contributed by atoms with E-state index in [1.807, 2.05) is 41.3 Å². The van der Waals surface area contributed by atoms with Crippen LogP contribution in [0.2, 0.25) is 0 Å². The van der Waals surface area contributed by atoms with Crippen LogP contribution >= 0.6 is 0 Å². The van der Waals surface area contributed by atoms with E-state index in [0.717, 1.165) is 36.5 Å². The fraction of sp³-hybridized carbons (Fsp3) is 0.429. The summed E-state index contributed by atoms with van der Waals surface area (Å²) >= 11 is 0. The van der Waals surface area contributed by atoms with E-state index in [9.17, 15) is 9.59 Å². The van der Waals surface area contributed by atoms with Crippen LogP contribution < -0.4 is 10.2 Å². The van der Waals surface area contributed by atoms with E-state index >= 15 is 0 Å². The zero-order valence-electron chi connectivity index (χ0n) is 15.7. The monoisotopic (exact) mass is 377 g/mol. The molecule has 1 aromatic carbocycles. The quantitative estimate of drug-likeness (QED) is 0.874. The van der Waals surface area contributed by atoms with Crippen molar-refractivity contribution < 1.29 is 9.59 Å². The molecule has 144 valence electrons. The summed E-state index contributed by atoms with van der Waals surface area (Å²) in [5, 5.41) is 11.5. The summed E-state index contributed by atoms with van der Waals surface area (Å²) in [5.41, 5.74) is 2.16. The molecule has 0 spiro atoms. The minimum Gasteiger partial charge on any atom is -0.350 e. The molecule has 28 heavy (non-hydrogen) atoms. The zero-order chi connectivity index (χ0) is 19.1. The van der Waals surface area contributed by atoms with E-state index in [-0.39, 0.29) is 17.9 Å². The van der Waals surface area contributed by atoms with Crippen molar-refractivity contribution >= 4 is 17.6 Å². The maximum Gasteiger partial charge on any atom is 0.271 e. The highest BCUT2D eigenvalue weighted by molar-refractivity contribution is 5.94. The smallest absolute Gasteiger partial charge is 0.271 e. The van der Waals surface area contributed by atoms with Crippen LogP contribution in [0.15, 0.2) is 36.4 Å². The number of aromatic nitrogens is 2. The molecular formula is C21H23N5O2. The van der Waals surface area contributed by atoms with Gasteiger partial charge in [0.25, 0.3) is 11.8 Å². The Balaban J connectivity index is 1.28. The molecule has 2 aliphatic heterocycles. The van der Waals surface area contributed by atoms with Crippen molar-refractivity contribution in [3.8, 4) is 0 Å². The van der Waals surface area contributed by atoms with Gasteiger partial charge in [0.1, 0.15) is 0 Å². The van der Waals surface area contributed by atoms with E-state index in [0.29, 0.717) is 24.7 Å². The topological polar surface area (TPSA) is 78.4 Å². The molecule has 3 aliphatic rings. The van der Waals surface area contributed by atoms with Gasteiger partial charge in [0.2, 0.25) is 0 Å². The van der Waals surface area contributed by atoms with Gasteiger partial charge in [0.05, 0.1) is 6.04 Å². The second kappa shape index (κ2) is 6.89. The Kier molecular flexibility index (Phi) is 4.22. The summed E-state index contributed by atoms with van der Waals surface area (Å²) in [7, 11) is 0. The molecular weight excluding hydrogens is 354 g/mol. The number of amides is 2. The van der Waals surface area contributed by atoms with Crippen LogP contribution in [0.25, 0.3) is 0 Å². The lowest BCUT2D eigenvalue weighted by Crippen LogP contribution is -2.53. The summed E-state index contributed by atoms with van der Waals surface area (Å²) < 4.78 is 0. The number of nitrogens with zero attached hydrogens (tertiary/aromatic N) is 4. The van der Waals surface area contributed by atoms with Crippen LogP contribution in [0.4, 0.5) is 5.82 Å². The highest BCUT2D eigenvalue weighted by atomic mass is 16.2. The maximum absolute atomic E-state index is 12.8. The second-order valence-corrected chi connectivity index (χ2v) is 7.90. The van der Waals surface area contributed by atoms with E-state index in [2.05, 4.69) is 20.4 Å². The van der Waals surface area contributed by atoms with Gasteiger partial charge in [-0.3, -0.25) is 9.59 Å². The normalized spacial score (nSPS) is 20.5. The molecule has 0 radical (unpaired) electrons. The Morgan fingerprint density at radius 3 is 2.71 bits per heavy atom. The fourth-order valence-electron chi connectivity index (χ4n) is 4.09. The average Bonchev–Trinajstić information content (AvgIpc) is 3.50. The molecule has 5 rings (SSSR count). The summed E-state index contributed by atoms with van der Waals surface area (Å²) in [5.74, 6) is 1.42. The Morgan fingerprint density at radius 2 is 1.93 bits per heavy atom. The van der Waals surface area contributed by atoms with Gasteiger partial charge in [-0.15, -0.1) is 10.2 Å². The van der Waals surface area contributed by atoms with E-state index in [1.54, 1.807) is 0 Å². The lowest BCUT2D eigenvalue weighted by Gasteiger charge is -2.38. The molecule has 3 heterocycles. The van der Waals surface area contributed by atoms with Gasteiger partial charge < -0.3 is 15.1 Å². The molecule has 2 fully saturated rings. The summed E-state index contributed by atoms with van der Waals surface area (Å²) in [6.07, 6.45) is 3.18. The van der Waals surface area contributed by atoms with E-state index in [1.165, 1.54) is 12.8 Å². The molecule has 7 nitrogen and oxygen atoms in total. The number of nitrogens with one attached hydrogen (secondary N) is 1.